The summed E-state index contributed by atoms with van der Waals surface area (Å²) in [5.41, 5.74) is -2.40. The Morgan fingerprint density at radius 1 is 1.14 bits per heavy atom. The third-order valence-corrected chi connectivity index (χ3v) is 2.95. The van der Waals surface area contributed by atoms with E-state index in [4.69, 9.17) is 21.4 Å². The van der Waals surface area contributed by atoms with Crippen LogP contribution in [0, 0.1) is 5.82 Å². The SMILES string of the molecule is O=C(O)c1c(Oc2ccc(F)cc2Cl)cccc1C(F)(F)F. The first-order valence-corrected chi connectivity index (χ1v) is 6.14. The topological polar surface area (TPSA) is 46.5 Å². The molecule has 0 unspecified atom stereocenters. The van der Waals surface area contributed by atoms with Gasteiger partial charge in [-0.15, -0.1) is 0 Å². The van der Waals surface area contributed by atoms with E-state index >= 15 is 0 Å². The first-order chi connectivity index (χ1) is 10.2. The van der Waals surface area contributed by atoms with E-state index in [-0.39, 0.29) is 10.8 Å². The molecule has 0 aliphatic rings. The maximum atomic E-state index is 12.9. The Labute approximate surface area is 126 Å². The van der Waals surface area contributed by atoms with Gasteiger partial charge in [-0.1, -0.05) is 17.7 Å². The summed E-state index contributed by atoms with van der Waals surface area (Å²) in [6.45, 7) is 0. The van der Waals surface area contributed by atoms with Gasteiger partial charge in [0.1, 0.15) is 22.9 Å². The average Bonchev–Trinajstić information content (AvgIpc) is 2.40. The number of rotatable bonds is 3. The molecule has 0 aromatic heterocycles. The zero-order valence-corrected chi connectivity index (χ0v) is 11.4. The minimum absolute atomic E-state index is 0.162. The Kier molecular flexibility index (Phi) is 4.27. The molecule has 0 amide bonds. The highest BCUT2D eigenvalue weighted by Crippen LogP contribution is 2.38. The Balaban J connectivity index is 2.54. The van der Waals surface area contributed by atoms with Crippen molar-refractivity contribution < 1.29 is 32.2 Å². The summed E-state index contributed by atoms with van der Waals surface area (Å²) in [5.74, 6) is -3.18. The first-order valence-electron chi connectivity index (χ1n) is 5.76. The maximum Gasteiger partial charge on any atom is 0.417 e. The predicted octanol–water partition coefficient (Wildman–Crippen LogP) is 4.99. The largest absolute Gasteiger partial charge is 0.478 e. The summed E-state index contributed by atoms with van der Waals surface area (Å²) in [5, 5.41) is 8.83. The van der Waals surface area contributed by atoms with Crippen LogP contribution in [0.25, 0.3) is 0 Å². The predicted molar refractivity (Wildman–Crippen MR) is 69.9 cm³/mol. The van der Waals surface area contributed by atoms with E-state index in [0.29, 0.717) is 6.07 Å². The van der Waals surface area contributed by atoms with Gasteiger partial charge in [-0.2, -0.15) is 13.2 Å². The number of carbonyl (C=O) groups is 1. The Morgan fingerprint density at radius 2 is 1.82 bits per heavy atom. The smallest absolute Gasteiger partial charge is 0.417 e. The minimum Gasteiger partial charge on any atom is -0.478 e. The Morgan fingerprint density at radius 3 is 2.36 bits per heavy atom. The molecule has 22 heavy (non-hydrogen) atoms. The summed E-state index contributed by atoms with van der Waals surface area (Å²) in [7, 11) is 0. The molecule has 2 aromatic carbocycles. The molecule has 2 aromatic rings. The van der Waals surface area contributed by atoms with Gasteiger partial charge >= 0.3 is 12.1 Å². The second kappa shape index (κ2) is 5.84. The van der Waals surface area contributed by atoms with E-state index in [0.717, 1.165) is 30.3 Å². The first kappa shape index (κ1) is 16.1. The fraction of sp³-hybridized carbons (Fsp3) is 0.0714. The zero-order valence-electron chi connectivity index (χ0n) is 10.6. The molecule has 0 saturated carbocycles. The molecule has 0 saturated heterocycles. The van der Waals surface area contributed by atoms with Gasteiger partial charge in [-0.3, -0.25) is 0 Å². The molecule has 1 N–H and O–H groups in total. The van der Waals surface area contributed by atoms with Crippen LogP contribution in [-0.2, 0) is 6.18 Å². The van der Waals surface area contributed by atoms with Crippen molar-refractivity contribution in [3.05, 3.63) is 58.4 Å². The molecule has 3 nitrogen and oxygen atoms in total. The molecular weight excluding hydrogens is 328 g/mol. The lowest BCUT2D eigenvalue weighted by Crippen LogP contribution is -2.14. The van der Waals surface area contributed by atoms with Gasteiger partial charge in [0.25, 0.3) is 0 Å². The molecule has 0 fully saturated rings. The lowest BCUT2D eigenvalue weighted by molar-refractivity contribution is -0.138. The van der Waals surface area contributed by atoms with Crippen molar-refractivity contribution >= 4 is 17.6 Å². The van der Waals surface area contributed by atoms with Gasteiger partial charge in [0, 0.05) is 0 Å². The van der Waals surface area contributed by atoms with Crippen molar-refractivity contribution in [2.24, 2.45) is 0 Å². The van der Waals surface area contributed by atoms with Crippen molar-refractivity contribution in [3.63, 3.8) is 0 Å². The van der Waals surface area contributed by atoms with Crippen LogP contribution < -0.4 is 4.74 Å². The van der Waals surface area contributed by atoms with E-state index in [1.807, 2.05) is 0 Å². The monoisotopic (exact) mass is 334 g/mol. The number of aromatic carboxylic acids is 1. The number of hydrogen-bond donors (Lipinski definition) is 1. The van der Waals surface area contributed by atoms with Crippen LogP contribution in [0.4, 0.5) is 17.6 Å². The number of alkyl halides is 3. The van der Waals surface area contributed by atoms with E-state index in [2.05, 4.69) is 0 Å². The van der Waals surface area contributed by atoms with Crippen molar-refractivity contribution in [1.82, 2.24) is 0 Å². The van der Waals surface area contributed by atoms with Crippen molar-refractivity contribution in [2.75, 3.05) is 0 Å². The fourth-order valence-electron chi connectivity index (χ4n) is 1.75. The van der Waals surface area contributed by atoms with Crippen LogP contribution >= 0.6 is 11.6 Å². The summed E-state index contributed by atoms with van der Waals surface area (Å²) in [6.07, 6.45) is -4.86. The molecule has 8 heteroatoms. The van der Waals surface area contributed by atoms with Crippen LogP contribution in [0.15, 0.2) is 36.4 Å². The summed E-state index contributed by atoms with van der Waals surface area (Å²) >= 11 is 5.71. The van der Waals surface area contributed by atoms with Crippen LogP contribution in [-0.4, -0.2) is 11.1 Å². The molecule has 0 aliphatic heterocycles. The van der Waals surface area contributed by atoms with Gasteiger partial charge in [-0.25, -0.2) is 9.18 Å². The molecule has 0 radical (unpaired) electrons. The highest BCUT2D eigenvalue weighted by molar-refractivity contribution is 6.32. The highest BCUT2D eigenvalue weighted by Gasteiger charge is 2.37. The maximum absolute atomic E-state index is 12.9. The minimum atomic E-state index is -4.86. The number of carboxylic acids is 1. The molecule has 0 heterocycles. The summed E-state index contributed by atoms with van der Waals surface area (Å²) < 4.78 is 56.6. The number of benzene rings is 2. The highest BCUT2D eigenvalue weighted by atomic mass is 35.5. The van der Waals surface area contributed by atoms with Crippen molar-refractivity contribution in [2.45, 2.75) is 6.18 Å². The normalized spacial score (nSPS) is 11.3. The van der Waals surface area contributed by atoms with Crippen LogP contribution in [0.1, 0.15) is 15.9 Å². The van der Waals surface area contributed by atoms with Crippen LogP contribution in [0.2, 0.25) is 5.02 Å². The summed E-state index contributed by atoms with van der Waals surface area (Å²) in [4.78, 5) is 11.1. The fourth-order valence-corrected chi connectivity index (χ4v) is 1.96. The van der Waals surface area contributed by atoms with Crippen LogP contribution in [0.3, 0.4) is 0 Å². The van der Waals surface area contributed by atoms with Gasteiger partial charge in [0.15, 0.2) is 0 Å². The number of carboxylic acid groups (broad SMARTS) is 1. The lowest BCUT2D eigenvalue weighted by atomic mass is 10.1. The summed E-state index contributed by atoms with van der Waals surface area (Å²) in [6, 6.07) is 5.65. The second-order valence-electron chi connectivity index (χ2n) is 4.16. The molecule has 0 atom stereocenters. The van der Waals surface area contributed by atoms with Crippen molar-refractivity contribution in [3.8, 4) is 11.5 Å². The average molecular weight is 335 g/mol. The quantitative estimate of drug-likeness (QED) is 0.804. The molecule has 0 spiro atoms. The van der Waals surface area contributed by atoms with E-state index < -0.39 is 34.8 Å². The third-order valence-electron chi connectivity index (χ3n) is 2.66. The van der Waals surface area contributed by atoms with E-state index in [1.165, 1.54) is 0 Å². The molecule has 0 aliphatic carbocycles. The standard InChI is InChI=1S/C14H7ClF4O3/c15-9-6-7(16)4-5-10(9)22-11-3-1-2-8(14(17,18)19)12(11)13(20)21/h1-6H,(H,20,21). The number of hydrogen-bond acceptors (Lipinski definition) is 2. The number of ether oxygens (including phenoxy) is 1. The molecule has 2 rings (SSSR count). The van der Waals surface area contributed by atoms with Crippen LogP contribution in [0.5, 0.6) is 11.5 Å². The lowest BCUT2D eigenvalue weighted by Gasteiger charge is -2.15. The number of halogens is 5. The Bertz CT molecular complexity index is 729. The third kappa shape index (κ3) is 3.30. The second-order valence-corrected chi connectivity index (χ2v) is 4.57. The van der Waals surface area contributed by atoms with E-state index in [9.17, 15) is 22.4 Å². The van der Waals surface area contributed by atoms with Gasteiger partial charge < -0.3 is 9.84 Å². The van der Waals surface area contributed by atoms with Crippen molar-refractivity contribution in [1.29, 1.82) is 0 Å². The van der Waals surface area contributed by atoms with Gasteiger partial charge in [-0.05, 0) is 30.3 Å². The van der Waals surface area contributed by atoms with Gasteiger partial charge in [0.05, 0.1) is 10.6 Å². The van der Waals surface area contributed by atoms with Gasteiger partial charge in [0.2, 0.25) is 0 Å². The Hall–Kier alpha value is -2.28. The molecule has 0 bridgehead atoms. The molecular formula is C14H7ClF4O3. The zero-order chi connectivity index (χ0) is 16.5. The van der Waals surface area contributed by atoms with E-state index in [1.54, 1.807) is 0 Å². The molecule has 116 valence electrons.